The number of anilines is 1. The van der Waals surface area contributed by atoms with Crippen molar-refractivity contribution < 1.29 is 14.0 Å². The van der Waals surface area contributed by atoms with Crippen LogP contribution in [-0.2, 0) is 4.79 Å². The van der Waals surface area contributed by atoms with Crippen molar-refractivity contribution in [1.29, 1.82) is 0 Å². The minimum atomic E-state index is -0.00997. The molecule has 1 amide bonds. The molecule has 5 nitrogen and oxygen atoms in total. The fourth-order valence-corrected chi connectivity index (χ4v) is 2.98. The highest BCUT2D eigenvalue weighted by Gasteiger charge is 2.31. The standard InChI is InChI=1S/C15H16N2O3S/c1-2-4-10(18)13-12(11-5-3-8-20-11)16-15(21-13)17-14(19)9-6-7-9/h3,5,8-9H,2,4,6-7H2,1H3,(H,16,17,19). The molecule has 2 heterocycles. The summed E-state index contributed by atoms with van der Waals surface area (Å²) in [5.74, 6) is 0.686. The zero-order valence-electron chi connectivity index (χ0n) is 11.7. The third-order valence-corrected chi connectivity index (χ3v) is 4.30. The molecular weight excluding hydrogens is 288 g/mol. The van der Waals surface area contributed by atoms with Crippen LogP contribution in [0.2, 0.25) is 0 Å². The van der Waals surface area contributed by atoms with E-state index in [1.165, 1.54) is 11.3 Å². The van der Waals surface area contributed by atoms with Gasteiger partial charge in [0.2, 0.25) is 5.91 Å². The van der Waals surface area contributed by atoms with E-state index in [9.17, 15) is 9.59 Å². The number of hydrogen-bond donors (Lipinski definition) is 1. The molecule has 0 aromatic carbocycles. The molecule has 0 saturated heterocycles. The average molecular weight is 304 g/mol. The highest BCUT2D eigenvalue weighted by atomic mass is 32.1. The van der Waals surface area contributed by atoms with E-state index in [4.69, 9.17) is 4.42 Å². The minimum absolute atomic E-state index is 0.00997. The fourth-order valence-electron chi connectivity index (χ4n) is 2.04. The van der Waals surface area contributed by atoms with Crippen LogP contribution in [0.1, 0.15) is 42.3 Å². The van der Waals surface area contributed by atoms with Gasteiger partial charge in [-0.2, -0.15) is 0 Å². The van der Waals surface area contributed by atoms with Crippen molar-refractivity contribution in [1.82, 2.24) is 4.98 Å². The third kappa shape index (κ3) is 3.05. The van der Waals surface area contributed by atoms with Crippen LogP contribution in [0.3, 0.4) is 0 Å². The maximum absolute atomic E-state index is 12.2. The topological polar surface area (TPSA) is 72.2 Å². The molecule has 0 unspecified atom stereocenters. The van der Waals surface area contributed by atoms with Gasteiger partial charge in [0, 0.05) is 12.3 Å². The van der Waals surface area contributed by atoms with Gasteiger partial charge in [0.1, 0.15) is 10.6 Å². The molecule has 3 rings (SSSR count). The van der Waals surface area contributed by atoms with Gasteiger partial charge >= 0.3 is 0 Å². The number of hydrogen-bond acceptors (Lipinski definition) is 5. The Morgan fingerprint density at radius 2 is 2.29 bits per heavy atom. The summed E-state index contributed by atoms with van der Waals surface area (Å²) in [6.07, 6.45) is 4.66. The van der Waals surface area contributed by atoms with Crippen LogP contribution in [0, 0.1) is 5.92 Å². The smallest absolute Gasteiger partial charge is 0.229 e. The molecular formula is C15H16N2O3S. The maximum atomic E-state index is 12.2. The Hall–Kier alpha value is -1.95. The van der Waals surface area contributed by atoms with Crippen molar-refractivity contribution in [3.63, 3.8) is 0 Å². The summed E-state index contributed by atoms with van der Waals surface area (Å²) in [5.41, 5.74) is 0.523. The molecule has 2 aromatic heterocycles. The number of carbonyl (C=O) groups is 2. The van der Waals surface area contributed by atoms with E-state index in [2.05, 4.69) is 10.3 Å². The number of Topliss-reactive ketones (excluding diaryl/α,β-unsaturated/α-hetero) is 1. The predicted molar refractivity (Wildman–Crippen MR) is 80.4 cm³/mol. The van der Waals surface area contributed by atoms with Crippen LogP contribution in [-0.4, -0.2) is 16.7 Å². The lowest BCUT2D eigenvalue weighted by Gasteiger charge is -1.97. The van der Waals surface area contributed by atoms with Crippen molar-refractivity contribution in [3.8, 4) is 11.5 Å². The summed E-state index contributed by atoms with van der Waals surface area (Å²) in [6, 6.07) is 3.52. The molecule has 1 aliphatic carbocycles. The van der Waals surface area contributed by atoms with Crippen molar-refractivity contribution in [2.45, 2.75) is 32.6 Å². The number of rotatable bonds is 6. The van der Waals surface area contributed by atoms with Gasteiger partial charge in [-0.15, -0.1) is 0 Å². The number of aromatic nitrogens is 1. The van der Waals surface area contributed by atoms with Gasteiger partial charge in [0.05, 0.1) is 6.26 Å². The second kappa shape index (κ2) is 5.81. The number of nitrogens with one attached hydrogen (secondary N) is 1. The van der Waals surface area contributed by atoms with E-state index >= 15 is 0 Å². The lowest BCUT2D eigenvalue weighted by molar-refractivity contribution is -0.117. The lowest BCUT2D eigenvalue weighted by atomic mass is 10.1. The zero-order valence-corrected chi connectivity index (χ0v) is 12.5. The quantitative estimate of drug-likeness (QED) is 0.825. The summed E-state index contributed by atoms with van der Waals surface area (Å²) < 4.78 is 5.35. The molecule has 1 N–H and O–H groups in total. The highest BCUT2D eigenvalue weighted by Crippen LogP contribution is 2.35. The Kier molecular flexibility index (Phi) is 3.88. The molecule has 21 heavy (non-hydrogen) atoms. The second-order valence-corrected chi connectivity index (χ2v) is 6.11. The van der Waals surface area contributed by atoms with E-state index in [0.717, 1.165) is 19.3 Å². The van der Waals surface area contributed by atoms with Gasteiger partial charge < -0.3 is 9.73 Å². The largest absolute Gasteiger partial charge is 0.463 e. The molecule has 0 aliphatic heterocycles. The Bertz CT molecular complexity index is 657. The van der Waals surface area contributed by atoms with Crippen LogP contribution in [0.25, 0.3) is 11.5 Å². The number of thiazole rings is 1. The van der Waals surface area contributed by atoms with Gasteiger partial charge in [0.25, 0.3) is 0 Å². The van der Waals surface area contributed by atoms with Crippen LogP contribution < -0.4 is 5.32 Å². The number of amides is 1. The number of nitrogens with zero attached hydrogens (tertiary/aromatic N) is 1. The summed E-state index contributed by atoms with van der Waals surface area (Å²) >= 11 is 1.23. The van der Waals surface area contributed by atoms with E-state index in [1.54, 1.807) is 18.4 Å². The molecule has 1 fully saturated rings. The van der Waals surface area contributed by atoms with Crippen LogP contribution >= 0.6 is 11.3 Å². The normalized spacial score (nSPS) is 14.1. The monoisotopic (exact) mass is 304 g/mol. The van der Waals surface area contributed by atoms with Crippen LogP contribution in [0.5, 0.6) is 0 Å². The van der Waals surface area contributed by atoms with E-state index in [-0.39, 0.29) is 17.6 Å². The molecule has 1 aliphatic rings. The molecule has 0 radical (unpaired) electrons. The van der Waals surface area contributed by atoms with Gasteiger partial charge in [-0.25, -0.2) is 4.98 Å². The Morgan fingerprint density at radius 1 is 1.48 bits per heavy atom. The highest BCUT2D eigenvalue weighted by molar-refractivity contribution is 7.18. The maximum Gasteiger partial charge on any atom is 0.229 e. The first-order chi connectivity index (χ1) is 10.2. The molecule has 0 spiro atoms. The SMILES string of the molecule is CCCC(=O)c1sc(NC(=O)C2CC2)nc1-c1ccco1. The average Bonchev–Trinajstić information content (AvgIpc) is 3.01. The Labute approximate surface area is 126 Å². The van der Waals surface area contributed by atoms with Crippen molar-refractivity contribution in [3.05, 3.63) is 23.3 Å². The summed E-state index contributed by atoms with van der Waals surface area (Å²) in [4.78, 5) is 29.0. The van der Waals surface area contributed by atoms with E-state index < -0.39 is 0 Å². The first-order valence-electron chi connectivity index (χ1n) is 7.07. The minimum Gasteiger partial charge on any atom is -0.463 e. The number of ketones is 1. The van der Waals surface area contributed by atoms with Crippen LogP contribution in [0.15, 0.2) is 22.8 Å². The second-order valence-electron chi connectivity index (χ2n) is 5.11. The van der Waals surface area contributed by atoms with Crippen molar-refractivity contribution >= 4 is 28.2 Å². The van der Waals surface area contributed by atoms with E-state index in [1.807, 2.05) is 6.92 Å². The van der Waals surface area contributed by atoms with E-state index in [0.29, 0.717) is 27.9 Å². The van der Waals surface area contributed by atoms with Gasteiger partial charge in [-0.05, 0) is 31.4 Å². The molecule has 110 valence electrons. The van der Waals surface area contributed by atoms with Gasteiger partial charge in [0.15, 0.2) is 16.7 Å². The first kappa shape index (κ1) is 14.0. The van der Waals surface area contributed by atoms with Crippen molar-refractivity contribution in [2.75, 3.05) is 5.32 Å². The molecule has 0 atom stereocenters. The molecule has 6 heteroatoms. The van der Waals surface area contributed by atoms with Gasteiger partial charge in [-0.3, -0.25) is 9.59 Å². The summed E-state index contributed by atoms with van der Waals surface area (Å²) in [7, 11) is 0. The molecule has 0 bridgehead atoms. The summed E-state index contributed by atoms with van der Waals surface area (Å²) in [6.45, 7) is 1.96. The number of carbonyl (C=O) groups excluding carboxylic acids is 2. The third-order valence-electron chi connectivity index (χ3n) is 3.29. The first-order valence-corrected chi connectivity index (χ1v) is 7.89. The summed E-state index contributed by atoms with van der Waals surface area (Å²) in [5, 5.41) is 3.27. The van der Waals surface area contributed by atoms with Crippen molar-refractivity contribution in [2.24, 2.45) is 5.92 Å². The molecule has 2 aromatic rings. The van der Waals surface area contributed by atoms with Gasteiger partial charge in [-0.1, -0.05) is 18.3 Å². The lowest BCUT2D eigenvalue weighted by Crippen LogP contribution is -2.12. The fraction of sp³-hybridized carbons (Fsp3) is 0.400. The number of furan rings is 1. The molecule has 1 saturated carbocycles. The Balaban J connectivity index is 1.90. The predicted octanol–water partition coefficient (Wildman–Crippen LogP) is 3.73. The van der Waals surface area contributed by atoms with Crippen LogP contribution in [0.4, 0.5) is 5.13 Å². The Morgan fingerprint density at radius 3 is 2.90 bits per heavy atom. The zero-order chi connectivity index (χ0) is 14.8.